The Hall–Kier alpha value is -2.37. The van der Waals surface area contributed by atoms with Gasteiger partial charge in [-0.1, -0.05) is 6.92 Å². The predicted molar refractivity (Wildman–Crippen MR) is 90.4 cm³/mol. The van der Waals surface area contributed by atoms with Crippen molar-refractivity contribution in [1.29, 1.82) is 0 Å². The SMILES string of the molecule is CCOC(=O)c1cc(C(=O)CC)ccc1OCC(=O)N(CC)CC. The first kappa shape index (κ1) is 19.7. The van der Waals surface area contributed by atoms with Crippen LogP contribution in [-0.4, -0.2) is 48.9 Å². The van der Waals surface area contributed by atoms with E-state index < -0.39 is 5.97 Å². The molecule has 1 aromatic rings. The Morgan fingerprint density at radius 2 is 1.71 bits per heavy atom. The number of hydrogen-bond acceptors (Lipinski definition) is 5. The molecule has 0 fully saturated rings. The van der Waals surface area contributed by atoms with E-state index in [-0.39, 0.29) is 36.2 Å². The van der Waals surface area contributed by atoms with E-state index in [1.807, 2.05) is 13.8 Å². The van der Waals surface area contributed by atoms with Crippen LogP contribution in [0.2, 0.25) is 0 Å². The lowest BCUT2D eigenvalue weighted by molar-refractivity contribution is -0.133. The van der Waals surface area contributed by atoms with Crippen LogP contribution in [0.3, 0.4) is 0 Å². The van der Waals surface area contributed by atoms with Crippen molar-refractivity contribution in [1.82, 2.24) is 4.90 Å². The number of benzene rings is 1. The third-order valence-corrected chi connectivity index (χ3v) is 3.59. The zero-order valence-electron chi connectivity index (χ0n) is 14.8. The summed E-state index contributed by atoms with van der Waals surface area (Å²) < 4.78 is 10.5. The summed E-state index contributed by atoms with van der Waals surface area (Å²) in [5.41, 5.74) is 0.575. The number of Topliss-reactive ketones (excluding diaryl/α,β-unsaturated/α-hetero) is 1. The first-order valence-electron chi connectivity index (χ1n) is 8.23. The minimum atomic E-state index is -0.575. The van der Waals surface area contributed by atoms with Crippen LogP contribution in [0.25, 0.3) is 0 Å². The minimum absolute atomic E-state index is 0.0775. The number of esters is 1. The van der Waals surface area contributed by atoms with E-state index in [4.69, 9.17) is 9.47 Å². The molecule has 0 spiro atoms. The van der Waals surface area contributed by atoms with E-state index in [0.29, 0.717) is 25.1 Å². The highest BCUT2D eigenvalue weighted by molar-refractivity contribution is 6.00. The molecule has 0 bridgehead atoms. The third kappa shape index (κ3) is 5.08. The van der Waals surface area contributed by atoms with Crippen LogP contribution in [0.15, 0.2) is 18.2 Å². The molecule has 0 aromatic heterocycles. The topological polar surface area (TPSA) is 72.9 Å². The maximum atomic E-state index is 12.1. The number of hydrogen-bond donors (Lipinski definition) is 0. The molecule has 0 aliphatic carbocycles. The fourth-order valence-electron chi connectivity index (χ4n) is 2.21. The molecule has 1 aromatic carbocycles. The third-order valence-electron chi connectivity index (χ3n) is 3.59. The van der Waals surface area contributed by atoms with E-state index >= 15 is 0 Å². The molecule has 1 rings (SSSR count). The molecule has 6 nitrogen and oxygen atoms in total. The lowest BCUT2D eigenvalue weighted by Gasteiger charge is -2.19. The first-order chi connectivity index (χ1) is 11.5. The quantitative estimate of drug-likeness (QED) is 0.512. The molecule has 0 unspecified atom stereocenters. The summed E-state index contributed by atoms with van der Waals surface area (Å²) >= 11 is 0. The summed E-state index contributed by atoms with van der Waals surface area (Å²) in [6, 6.07) is 4.58. The largest absolute Gasteiger partial charge is 0.483 e. The van der Waals surface area contributed by atoms with Crippen molar-refractivity contribution < 1.29 is 23.9 Å². The smallest absolute Gasteiger partial charge is 0.341 e. The standard InChI is InChI=1S/C18H25NO5/c1-5-15(20)13-9-10-16(14(11-13)18(22)23-8-4)24-12-17(21)19(6-2)7-3/h9-11H,5-8,12H2,1-4H3. The number of ketones is 1. The van der Waals surface area contributed by atoms with Crippen molar-refractivity contribution in [3.63, 3.8) is 0 Å². The number of ether oxygens (including phenoxy) is 2. The normalized spacial score (nSPS) is 10.2. The Morgan fingerprint density at radius 1 is 1.04 bits per heavy atom. The molecule has 0 aliphatic heterocycles. The number of carbonyl (C=O) groups is 3. The average Bonchev–Trinajstić information content (AvgIpc) is 2.60. The van der Waals surface area contributed by atoms with Gasteiger partial charge in [-0.15, -0.1) is 0 Å². The fraction of sp³-hybridized carbons (Fsp3) is 0.500. The lowest BCUT2D eigenvalue weighted by atomic mass is 10.0. The molecule has 0 heterocycles. The van der Waals surface area contributed by atoms with Gasteiger partial charge in [-0.05, 0) is 39.0 Å². The molecule has 0 N–H and O–H groups in total. The Bertz CT molecular complexity index is 593. The van der Waals surface area contributed by atoms with Gasteiger partial charge in [0.15, 0.2) is 12.4 Å². The van der Waals surface area contributed by atoms with E-state index in [9.17, 15) is 14.4 Å². The molecular weight excluding hydrogens is 310 g/mol. The molecule has 1 amide bonds. The van der Waals surface area contributed by atoms with Crippen LogP contribution < -0.4 is 4.74 Å². The van der Waals surface area contributed by atoms with Gasteiger partial charge in [0.25, 0.3) is 5.91 Å². The summed E-state index contributed by atoms with van der Waals surface area (Å²) in [4.78, 5) is 37.6. The molecule has 132 valence electrons. The first-order valence-corrected chi connectivity index (χ1v) is 8.23. The van der Waals surface area contributed by atoms with Gasteiger partial charge in [-0.2, -0.15) is 0 Å². The maximum absolute atomic E-state index is 12.1. The number of likely N-dealkylation sites (N-methyl/N-ethyl adjacent to an activating group) is 1. The van der Waals surface area contributed by atoms with Crippen LogP contribution in [-0.2, 0) is 9.53 Å². The number of amides is 1. The minimum Gasteiger partial charge on any atom is -0.483 e. The van der Waals surface area contributed by atoms with Crippen molar-refractivity contribution in [3.8, 4) is 5.75 Å². The molecular formula is C18H25NO5. The van der Waals surface area contributed by atoms with E-state index in [1.165, 1.54) is 12.1 Å². The van der Waals surface area contributed by atoms with Crippen molar-refractivity contribution in [2.75, 3.05) is 26.3 Å². The van der Waals surface area contributed by atoms with Gasteiger partial charge in [-0.25, -0.2) is 4.79 Å². The monoisotopic (exact) mass is 335 g/mol. The van der Waals surface area contributed by atoms with Crippen LogP contribution in [0, 0.1) is 0 Å². The molecule has 0 saturated heterocycles. The Balaban J connectivity index is 3.02. The van der Waals surface area contributed by atoms with Crippen LogP contribution >= 0.6 is 0 Å². The molecule has 0 aliphatic rings. The Kier molecular flexibility index (Phi) is 7.95. The summed E-state index contributed by atoms with van der Waals surface area (Å²) in [5.74, 6) is -0.579. The van der Waals surface area contributed by atoms with Gasteiger partial charge in [-0.3, -0.25) is 9.59 Å². The second-order valence-electron chi connectivity index (χ2n) is 5.06. The summed E-state index contributed by atoms with van der Waals surface area (Å²) in [7, 11) is 0. The van der Waals surface area contributed by atoms with Crippen molar-refractivity contribution in [2.24, 2.45) is 0 Å². The van der Waals surface area contributed by atoms with Crippen molar-refractivity contribution in [3.05, 3.63) is 29.3 Å². The summed E-state index contributed by atoms with van der Waals surface area (Å²) in [5, 5.41) is 0. The molecule has 0 atom stereocenters. The predicted octanol–water partition coefficient (Wildman–Crippen LogP) is 2.70. The Morgan fingerprint density at radius 3 is 2.25 bits per heavy atom. The fourth-order valence-corrected chi connectivity index (χ4v) is 2.21. The van der Waals surface area contributed by atoms with Crippen molar-refractivity contribution >= 4 is 17.7 Å². The Labute approximate surface area is 142 Å². The van der Waals surface area contributed by atoms with Crippen molar-refractivity contribution in [2.45, 2.75) is 34.1 Å². The summed E-state index contributed by atoms with van der Waals surface area (Å²) in [6.45, 7) is 8.44. The molecule has 24 heavy (non-hydrogen) atoms. The van der Waals surface area contributed by atoms with Gasteiger partial charge in [0, 0.05) is 25.1 Å². The van der Waals surface area contributed by atoms with Gasteiger partial charge < -0.3 is 14.4 Å². The van der Waals surface area contributed by atoms with Gasteiger partial charge in [0.2, 0.25) is 0 Å². The highest BCUT2D eigenvalue weighted by atomic mass is 16.5. The number of carbonyl (C=O) groups excluding carboxylic acids is 3. The van der Waals surface area contributed by atoms with E-state index in [0.717, 1.165) is 0 Å². The molecule has 6 heteroatoms. The second kappa shape index (κ2) is 9.70. The zero-order chi connectivity index (χ0) is 18.1. The molecule has 0 saturated carbocycles. The maximum Gasteiger partial charge on any atom is 0.341 e. The van der Waals surface area contributed by atoms with Crippen LogP contribution in [0.1, 0.15) is 54.8 Å². The zero-order valence-corrected chi connectivity index (χ0v) is 14.8. The average molecular weight is 335 g/mol. The number of nitrogens with zero attached hydrogens (tertiary/aromatic N) is 1. The summed E-state index contributed by atoms with van der Waals surface area (Å²) in [6.07, 6.45) is 0.336. The van der Waals surface area contributed by atoms with Gasteiger partial charge in [0.05, 0.1) is 6.61 Å². The van der Waals surface area contributed by atoms with Crippen LogP contribution in [0.5, 0.6) is 5.75 Å². The van der Waals surface area contributed by atoms with E-state index in [1.54, 1.807) is 24.8 Å². The molecule has 0 radical (unpaired) electrons. The second-order valence-corrected chi connectivity index (χ2v) is 5.06. The van der Waals surface area contributed by atoms with E-state index in [2.05, 4.69) is 0 Å². The van der Waals surface area contributed by atoms with Gasteiger partial charge >= 0.3 is 5.97 Å². The highest BCUT2D eigenvalue weighted by Crippen LogP contribution is 2.22. The van der Waals surface area contributed by atoms with Crippen LogP contribution in [0.4, 0.5) is 0 Å². The highest BCUT2D eigenvalue weighted by Gasteiger charge is 2.18. The lowest BCUT2D eigenvalue weighted by Crippen LogP contribution is -2.34. The number of rotatable bonds is 9. The van der Waals surface area contributed by atoms with Gasteiger partial charge in [0.1, 0.15) is 11.3 Å².